The largest absolute Gasteiger partial charge is 0.465 e. The van der Waals surface area contributed by atoms with Crippen LogP contribution >= 0.6 is 0 Å². The molecule has 1 aromatic rings. The van der Waals surface area contributed by atoms with Gasteiger partial charge in [0.15, 0.2) is 0 Å². The summed E-state index contributed by atoms with van der Waals surface area (Å²) in [5.41, 5.74) is 6.82. The van der Waals surface area contributed by atoms with E-state index in [1.807, 2.05) is 39.0 Å². The van der Waals surface area contributed by atoms with Crippen molar-refractivity contribution in [1.29, 1.82) is 0 Å². The molecule has 0 saturated heterocycles. The van der Waals surface area contributed by atoms with Gasteiger partial charge in [-0.05, 0) is 23.8 Å². The smallest absolute Gasteiger partial charge is 0.323 e. The number of benzene rings is 1. The molecule has 3 heteroatoms. The maximum atomic E-state index is 11.7. The lowest BCUT2D eigenvalue weighted by Crippen LogP contribution is -2.43. The Balaban J connectivity index is 2.24. The van der Waals surface area contributed by atoms with Crippen LogP contribution in [0.25, 0.3) is 0 Å². The summed E-state index contributed by atoms with van der Waals surface area (Å²) < 4.78 is 5.19. The summed E-state index contributed by atoms with van der Waals surface area (Å²) in [6.45, 7) is 6.23. The third-order valence-corrected chi connectivity index (χ3v) is 2.88. The summed E-state index contributed by atoms with van der Waals surface area (Å²) in [6, 6.07) is 9.60. The lowest BCUT2D eigenvalue weighted by atomic mass is 9.87. The van der Waals surface area contributed by atoms with Crippen LogP contribution in [0.1, 0.15) is 32.8 Å². The normalized spacial score (nSPS) is 13.1. The van der Waals surface area contributed by atoms with Gasteiger partial charge in [-0.15, -0.1) is 0 Å². The number of hydrogen-bond donors (Lipinski definition) is 1. The number of esters is 1. The molecule has 0 fully saturated rings. The average Bonchev–Trinajstić information content (AvgIpc) is 2.33. The molecule has 2 N–H and O–H groups in total. The quantitative estimate of drug-likeness (QED) is 0.644. The molecule has 0 saturated carbocycles. The Morgan fingerprint density at radius 2 is 1.89 bits per heavy atom. The Labute approximate surface area is 109 Å². The van der Waals surface area contributed by atoms with E-state index in [2.05, 4.69) is 12.1 Å². The average molecular weight is 249 g/mol. The number of carbonyl (C=O) groups is 1. The third kappa shape index (κ3) is 4.88. The highest BCUT2D eigenvalue weighted by Crippen LogP contribution is 2.18. The Morgan fingerprint density at radius 3 is 2.44 bits per heavy atom. The van der Waals surface area contributed by atoms with Crippen molar-refractivity contribution in [1.82, 2.24) is 0 Å². The van der Waals surface area contributed by atoms with Gasteiger partial charge in [0.25, 0.3) is 0 Å². The Morgan fingerprint density at radius 1 is 1.28 bits per heavy atom. The SMILES string of the molecule is CC(C)(C)C(N)C(=O)OCCCc1ccccc1. The van der Waals surface area contributed by atoms with E-state index in [0.717, 1.165) is 12.8 Å². The molecule has 0 spiro atoms. The second-order valence-corrected chi connectivity index (χ2v) is 5.60. The summed E-state index contributed by atoms with van der Waals surface area (Å²) in [6.07, 6.45) is 1.74. The van der Waals surface area contributed by atoms with Gasteiger partial charge in [0, 0.05) is 0 Å². The molecule has 0 bridgehead atoms. The van der Waals surface area contributed by atoms with E-state index in [9.17, 15) is 4.79 Å². The summed E-state index contributed by atoms with van der Waals surface area (Å²) in [5, 5.41) is 0. The predicted molar refractivity (Wildman–Crippen MR) is 73.2 cm³/mol. The molecule has 1 unspecified atom stereocenters. The van der Waals surface area contributed by atoms with Crippen LogP contribution < -0.4 is 5.73 Å². The van der Waals surface area contributed by atoms with E-state index in [-0.39, 0.29) is 11.4 Å². The molecule has 0 radical (unpaired) electrons. The zero-order valence-electron chi connectivity index (χ0n) is 11.5. The minimum Gasteiger partial charge on any atom is -0.465 e. The van der Waals surface area contributed by atoms with E-state index in [4.69, 9.17) is 10.5 Å². The molecule has 3 nitrogen and oxygen atoms in total. The van der Waals surface area contributed by atoms with Crippen molar-refractivity contribution in [2.24, 2.45) is 11.1 Å². The summed E-state index contributed by atoms with van der Waals surface area (Å²) in [4.78, 5) is 11.7. The second kappa shape index (κ2) is 6.55. The topological polar surface area (TPSA) is 52.3 Å². The van der Waals surface area contributed by atoms with Gasteiger partial charge in [0.1, 0.15) is 6.04 Å². The Kier molecular flexibility index (Phi) is 5.35. The summed E-state index contributed by atoms with van der Waals surface area (Å²) in [5.74, 6) is -0.310. The number of ether oxygens (including phenoxy) is 1. The van der Waals surface area contributed by atoms with Crippen LogP contribution in [-0.2, 0) is 16.0 Å². The highest BCUT2D eigenvalue weighted by atomic mass is 16.5. The number of carbonyl (C=O) groups excluding carboxylic acids is 1. The second-order valence-electron chi connectivity index (χ2n) is 5.60. The molecule has 1 atom stereocenters. The molecular formula is C15H23NO2. The van der Waals surface area contributed by atoms with E-state index < -0.39 is 6.04 Å². The minimum absolute atomic E-state index is 0.253. The van der Waals surface area contributed by atoms with Crippen LogP contribution in [0.3, 0.4) is 0 Å². The molecular weight excluding hydrogens is 226 g/mol. The van der Waals surface area contributed by atoms with Crippen molar-refractivity contribution in [2.45, 2.75) is 39.7 Å². The standard InChI is InChI=1S/C15H23NO2/c1-15(2,3)13(16)14(17)18-11-7-10-12-8-5-4-6-9-12/h4-6,8-9,13H,7,10-11,16H2,1-3H3. The molecule has 0 aliphatic heterocycles. The van der Waals surface area contributed by atoms with Crippen LogP contribution in [0.5, 0.6) is 0 Å². The van der Waals surface area contributed by atoms with Crippen LogP contribution in [0.15, 0.2) is 30.3 Å². The number of nitrogens with two attached hydrogens (primary N) is 1. The Hall–Kier alpha value is -1.35. The summed E-state index contributed by atoms with van der Waals surface area (Å²) >= 11 is 0. The fourth-order valence-corrected chi connectivity index (χ4v) is 1.54. The van der Waals surface area contributed by atoms with Gasteiger partial charge < -0.3 is 10.5 Å². The fraction of sp³-hybridized carbons (Fsp3) is 0.533. The predicted octanol–water partition coefficient (Wildman–Crippen LogP) is 2.54. The summed E-state index contributed by atoms with van der Waals surface area (Å²) in [7, 11) is 0. The fourth-order valence-electron chi connectivity index (χ4n) is 1.54. The van der Waals surface area contributed by atoms with Crippen molar-refractivity contribution < 1.29 is 9.53 Å². The monoisotopic (exact) mass is 249 g/mol. The van der Waals surface area contributed by atoms with E-state index >= 15 is 0 Å². The van der Waals surface area contributed by atoms with Gasteiger partial charge >= 0.3 is 5.97 Å². The van der Waals surface area contributed by atoms with Crippen LogP contribution in [0.2, 0.25) is 0 Å². The van der Waals surface area contributed by atoms with Crippen molar-refractivity contribution in [3.8, 4) is 0 Å². The first-order chi connectivity index (χ1) is 8.41. The van der Waals surface area contributed by atoms with Gasteiger partial charge in [0.2, 0.25) is 0 Å². The van der Waals surface area contributed by atoms with Gasteiger partial charge in [0.05, 0.1) is 6.61 Å². The van der Waals surface area contributed by atoms with Gasteiger partial charge in [-0.3, -0.25) is 4.79 Å². The first-order valence-electron chi connectivity index (χ1n) is 6.37. The zero-order chi connectivity index (χ0) is 13.6. The van der Waals surface area contributed by atoms with E-state index in [1.54, 1.807) is 0 Å². The van der Waals surface area contributed by atoms with E-state index in [1.165, 1.54) is 5.56 Å². The molecule has 0 aromatic heterocycles. The van der Waals surface area contributed by atoms with Crippen molar-refractivity contribution >= 4 is 5.97 Å². The molecule has 0 heterocycles. The first kappa shape index (κ1) is 14.7. The molecule has 1 aromatic carbocycles. The van der Waals surface area contributed by atoms with Crippen LogP contribution in [0.4, 0.5) is 0 Å². The lowest BCUT2D eigenvalue weighted by Gasteiger charge is -2.24. The van der Waals surface area contributed by atoms with Crippen molar-refractivity contribution in [3.05, 3.63) is 35.9 Å². The van der Waals surface area contributed by atoms with Crippen LogP contribution in [-0.4, -0.2) is 18.6 Å². The zero-order valence-corrected chi connectivity index (χ0v) is 11.5. The van der Waals surface area contributed by atoms with Gasteiger partial charge in [-0.2, -0.15) is 0 Å². The number of rotatable bonds is 5. The molecule has 0 aliphatic carbocycles. The molecule has 0 amide bonds. The first-order valence-corrected chi connectivity index (χ1v) is 6.37. The van der Waals surface area contributed by atoms with Gasteiger partial charge in [-0.1, -0.05) is 51.1 Å². The lowest BCUT2D eigenvalue weighted by molar-refractivity contribution is -0.147. The maximum absolute atomic E-state index is 11.7. The highest BCUT2D eigenvalue weighted by Gasteiger charge is 2.28. The van der Waals surface area contributed by atoms with Crippen molar-refractivity contribution in [3.63, 3.8) is 0 Å². The number of hydrogen-bond acceptors (Lipinski definition) is 3. The maximum Gasteiger partial charge on any atom is 0.323 e. The minimum atomic E-state index is -0.561. The van der Waals surface area contributed by atoms with Crippen molar-refractivity contribution in [2.75, 3.05) is 6.61 Å². The van der Waals surface area contributed by atoms with Crippen LogP contribution in [0, 0.1) is 5.41 Å². The van der Waals surface area contributed by atoms with E-state index in [0.29, 0.717) is 6.61 Å². The highest BCUT2D eigenvalue weighted by molar-refractivity contribution is 5.76. The Bertz CT molecular complexity index is 368. The number of aryl methyl sites for hydroxylation is 1. The third-order valence-electron chi connectivity index (χ3n) is 2.88. The molecule has 100 valence electrons. The molecule has 1 rings (SSSR count). The molecule has 18 heavy (non-hydrogen) atoms. The molecule has 0 aliphatic rings. The van der Waals surface area contributed by atoms with Gasteiger partial charge in [-0.25, -0.2) is 0 Å².